The van der Waals surface area contributed by atoms with Crippen LogP contribution in [0.25, 0.3) is 11.5 Å². The fourth-order valence-corrected chi connectivity index (χ4v) is 3.92. The SMILES string of the molecule is CC1(C)Oc2c(-c3nc(CO)no3)cc(C#N)cc2[C@@](N)(c2ccc(F)cc2)[C@@]1(C)O. The Balaban J connectivity index is 2.09. The van der Waals surface area contributed by atoms with Crippen molar-refractivity contribution in [3.05, 3.63) is 64.7 Å². The van der Waals surface area contributed by atoms with Crippen LogP contribution in [0, 0.1) is 17.1 Å². The number of halogens is 1. The Labute approximate surface area is 177 Å². The van der Waals surface area contributed by atoms with E-state index in [0.29, 0.717) is 16.7 Å². The third-order valence-electron chi connectivity index (χ3n) is 6.08. The van der Waals surface area contributed by atoms with Crippen molar-refractivity contribution in [1.82, 2.24) is 10.1 Å². The zero-order valence-electron chi connectivity index (χ0n) is 17.2. The van der Waals surface area contributed by atoms with Crippen molar-refractivity contribution in [2.24, 2.45) is 5.73 Å². The first-order chi connectivity index (χ1) is 14.5. The molecule has 160 valence electrons. The molecule has 0 fully saturated rings. The number of nitriles is 1. The van der Waals surface area contributed by atoms with Gasteiger partial charge in [0.2, 0.25) is 0 Å². The van der Waals surface area contributed by atoms with Gasteiger partial charge in [0.25, 0.3) is 5.89 Å². The molecule has 0 aliphatic carbocycles. The van der Waals surface area contributed by atoms with E-state index in [2.05, 4.69) is 16.2 Å². The first kappa shape index (κ1) is 20.9. The molecule has 31 heavy (non-hydrogen) atoms. The Morgan fingerprint density at radius 2 is 1.87 bits per heavy atom. The van der Waals surface area contributed by atoms with Gasteiger partial charge in [-0.2, -0.15) is 10.2 Å². The number of fused-ring (bicyclic) bond motifs is 1. The number of hydrogen-bond donors (Lipinski definition) is 3. The standard InChI is InChI=1S/C22H21FN4O4/c1-20(2)21(3,29)22(25,13-4-6-14(23)7-5-13)16-9-12(10-24)8-15(18(16)30-20)19-26-17(11-28)27-31-19/h4-9,28-29H,11,25H2,1-3H3/t21-,22-/m0/s1. The second-order valence-corrected chi connectivity index (χ2v) is 8.19. The third-order valence-corrected chi connectivity index (χ3v) is 6.08. The van der Waals surface area contributed by atoms with E-state index in [9.17, 15) is 19.9 Å². The molecule has 0 amide bonds. The van der Waals surface area contributed by atoms with Crippen LogP contribution in [-0.2, 0) is 12.1 Å². The summed E-state index contributed by atoms with van der Waals surface area (Å²) in [7, 11) is 0. The molecule has 0 bridgehead atoms. The van der Waals surface area contributed by atoms with Gasteiger partial charge in [-0.15, -0.1) is 0 Å². The predicted molar refractivity (Wildman–Crippen MR) is 107 cm³/mol. The van der Waals surface area contributed by atoms with Gasteiger partial charge in [-0.25, -0.2) is 4.39 Å². The number of aliphatic hydroxyl groups is 2. The lowest BCUT2D eigenvalue weighted by Crippen LogP contribution is -2.70. The zero-order valence-corrected chi connectivity index (χ0v) is 17.2. The quantitative estimate of drug-likeness (QED) is 0.582. The van der Waals surface area contributed by atoms with E-state index in [-0.39, 0.29) is 23.0 Å². The molecular formula is C22H21FN4O4. The van der Waals surface area contributed by atoms with Gasteiger partial charge in [-0.1, -0.05) is 17.3 Å². The minimum absolute atomic E-state index is 0.0243. The Morgan fingerprint density at radius 3 is 2.45 bits per heavy atom. The number of aromatic nitrogens is 2. The Bertz CT molecular complexity index is 1200. The molecule has 9 heteroatoms. The molecule has 1 aromatic heterocycles. The highest BCUT2D eigenvalue weighted by Gasteiger charge is 2.61. The van der Waals surface area contributed by atoms with E-state index < -0.39 is 29.2 Å². The second-order valence-electron chi connectivity index (χ2n) is 8.19. The van der Waals surface area contributed by atoms with Crippen molar-refractivity contribution in [3.8, 4) is 23.3 Å². The molecule has 2 atom stereocenters. The van der Waals surface area contributed by atoms with Crippen LogP contribution in [0.15, 0.2) is 40.9 Å². The van der Waals surface area contributed by atoms with Crippen LogP contribution in [0.4, 0.5) is 4.39 Å². The van der Waals surface area contributed by atoms with E-state index in [4.69, 9.17) is 15.0 Å². The fraction of sp³-hybridized carbons (Fsp3) is 0.318. The van der Waals surface area contributed by atoms with E-state index in [1.807, 2.05) is 0 Å². The normalized spacial score (nSPS) is 24.2. The van der Waals surface area contributed by atoms with Crippen molar-refractivity contribution < 1.29 is 23.9 Å². The number of aliphatic hydroxyl groups excluding tert-OH is 1. The monoisotopic (exact) mass is 424 g/mol. The Hall–Kier alpha value is -3.32. The molecule has 8 nitrogen and oxygen atoms in total. The maximum Gasteiger partial charge on any atom is 0.261 e. The largest absolute Gasteiger partial charge is 0.484 e. The first-order valence-electron chi connectivity index (χ1n) is 9.54. The van der Waals surface area contributed by atoms with Crippen LogP contribution in [0.5, 0.6) is 5.75 Å². The minimum atomic E-state index is -1.68. The van der Waals surface area contributed by atoms with Gasteiger partial charge in [0, 0.05) is 5.56 Å². The number of nitrogens with two attached hydrogens (primary N) is 1. The minimum Gasteiger partial charge on any atom is -0.484 e. The van der Waals surface area contributed by atoms with E-state index in [1.165, 1.54) is 43.3 Å². The van der Waals surface area contributed by atoms with Crippen LogP contribution in [-0.4, -0.2) is 31.6 Å². The highest BCUT2D eigenvalue weighted by atomic mass is 19.1. The molecule has 2 heterocycles. The molecular weight excluding hydrogens is 403 g/mol. The van der Waals surface area contributed by atoms with Gasteiger partial charge in [0.05, 0.1) is 17.2 Å². The lowest BCUT2D eigenvalue weighted by Gasteiger charge is -2.55. The van der Waals surface area contributed by atoms with E-state index >= 15 is 0 Å². The van der Waals surface area contributed by atoms with Crippen molar-refractivity contribution in [2.45, 2.75) is 44.1 Å². The van der Waals surface area contributed by atoms with Gasteiger partial charge < -0.3 is 25.2 Å². The number of hydrogen-bond acceptors (Lipinski definition) is 8. The average molecular weight is 424 g/mol. The lowest BCUT2D eigenvalue weighted by atomic mass is 9.62. The molecule has 0 spiro atoms. The number of nitrogens with zero attached hydrogens (tertiary/aromatic N) is 3. The van der Waals surface area contributed by atoms with E-state index in [0.717, 1.165) is 0 Å². The summed E-state index contributed by atoms with van der Waals surface area (Å²) in [5.74, 6) is -0.121. The smallest absolute Gasteiger partial charge is 0.261 e. The van der Waals surface area contributed by atoms with Crippen molar-refractivity contribution in [2.75, 3.05) is 0 Å². The molecule has 4 N–H and O–H groups in total. The number of rotatable bonds is 3. The molecule has 0 unspecified atom stereocenters. The molecule has 1 aliphatic heterocycles. The average Bonchev–Trinajstić information content (AvgIpc) is 3.21. The molecule has 1 aliphatic rings. The zero-order chi connectivity index (χ0) is 22.6. The highest BCUT2D eigenvalue weighted by molar-refractivity contribution is 5.72. The summed E-state index contributed by atoms with van der Waals surface area (Å²) >= 11 is 0. The van der Waals surface area contributed by atoms with Gasteiger partial charge in [-0.3, -0.25) is 0 Å². The second kappa shape index (κ2) is 6.85. The van der Waals surface area contributed by atoms with Gasteiger partial charge in [0.15, 0.2) is 5.82 Å². The Kier molecular flexibility index (Phi) is 4.63. The molecule has 0 saturated heterocycles. The summed E-state index contributed by atoms with van der Waals surface area (Å²) in [6.45, 7) is 4.46. The number of benzene rings is 2. The molecule has 2 aromatic carbocycles. The van der Waals surface area contributed by atoms with Crippen molar-refractivity contribution >= 4 is 0 Å². The van der Waals surface area contributed by atoms with Gasteiger partial charge in [0.1, 0.15) is 34.9 Å². The summed E-state index contributed by atoms with van der Waals surface area (Å²) in [5, 5.41) is 34.2. The maximum atomic E-state index is 13.6. The topological polar surface area (TPSA) is 138 Å². The Morgan fingerprint density at radius 1 is 1.19 bits per heavy atom. The van der Waals surface area contributed by atoms with Gasteiger partial charge >= 0.3 is 0 Å². The summed E-state index contributed by atoms with van der Waals surface area (Å²) in [6, 6.07) is 10.6. The van der Waals surface area contributed by atoms with Crippen LogP contribution >= 0.6 is 0 Å². The summed E-state index contributed by atoms with van der Waals surface area (Å²) < 4.78 is 25.1. The molecule has 4 rings (SSSR count). The third kappa shape index (κ3) is 2.91. The van der Waals surface area contributed by atoms with Crippen molar-refractivity contribution in [1.29, 1.82) is 5.26 Å². The maximum absolute atomic E-state index is 13.6. The summed E-state index contributed by atoms with van der Waals surface area (Å²) in [6.07, 6.45) is 0. The highest BCUT2D eigenvalue weighted by Crippen LogP contribution is 2.54. The van der Waals surface area contributed by atoms with E-state index in [1.54, 1.807) is 13.8 Å². The van der Waals surface area contributed by atoms with Crippen LogP contribution in [0.3, 0.4) is 0 Å². The first-order valence-corrected chi connectivity index (χ1v) is 9.54. The lowest BCUT2D eigenvalue weighted by molar-refractivity contribution is -0.154. The molecule has 0 saturated carbocycles. The van der Waals surface area contributed by atoms with Crippen LogP contribution < -0.4 is 10.5 Å². The van der Waals surface area contributed by atoms with Crippen molar-refractivity contribution in [3.63, 3.8) is 0 Å². The summed E-state index contributed by atoms with van der Waals surface area (Å²) in [5.41, 5.74) is 3.70. The molecule has 0 radical (unpaired) electrons. The summed E-state index contributed by atoms with van der Waals surface area (Å²) in [4.78, 5) is 4.13. The van der Waals surface area contributed by atoms with Crippen LogP contribution in [0.1, 0.15) is 43.3 Å². The van der Waals surface area contributed by atoms with Gasteiger partial charge in [-0.05, 0) is 50.6 Å². The fourth-order valence-electron chi connectivity index (χ4n) is 3.92. The number of ether oxygens (including phenoxy) is 1. The predicted octanol–water partition coefficient (Wildman–Crippen LogP) is 2.36. The van der Waals surface area contributed by atoms with Crippen LogP contribution in [0.2, 0.25) is 0 Å². The molecule has 3 aromatic rings.